The summed E-state index contributed by atoms with van der Waals surface area (Å²) >= 11 is 5.94. The number of hydrogen-bond acceptors (Lipinski definition) is 6. The zero-order chi connectivity index (χ0) is 15.7. The van der Waals surface area contributed by atoms with Gasteiger partial charge >= 0.3 is 0 Å². The molecule has 0 spiro atoms. The molecule has 114 valence electrons. The molecule has 3 rings (SSSR count). The molecule has 11 heteroatoms. The number of aryl methyl sites for hydroxylation is 1. The highest BCUT2D eigenvalue weighted by Crippen LogP contribution is 2.26. The quantitative estimate of drug-likeness (QED) is 0.755. The van der Waals surface area contributed by atoms with Crippen LogP contribution in [-0.2, 0) is 17.1 Å². The number of nitrogens with zero attached hydrogens (tertiary/aromatic N) is 6. The molecule has 0 bridgehead atoms. The van der Waals surface area contributed by atoms with E-state index in [1.807, 2.05) is 0 Å². The molecule has 0 atom stereocenters. The van der Waals surface area contributed by atoms with Gasteiger partial charge in [0.25, 0.3) is 10.0 Å². The molecule has 3 aromatic rings. The van der Waals surface area contributed by atoms with Crippen molar-refractivity contribution in [3.63, 3.8) is 0 Å². The lowest BCUT2D eigenvalue weighted by molar-refractivity contribution is 0.601. The Morgan fingerprint density at radius 1 is 1.32 bits per heavy atom. The van der Waals surface area contributed by atoms with Crippen LogP contribution in [0.2, 0.25) is 5.02 Å². The minimum atomic E-state index is -3.80. The Balaban J connectivity index is 2.03. The van der Waals surface area contributed by atoms with E-state index in [0.717, 1.165) is 0 Å². The Kier molecular flexibility index (Phi) is 3.54. The van der Waals surface area contributed by atoms with E-state index >= 15 is 0 Å². The predicted molar refractivity (Wildman–Crippen MR) is 78.2 cm³/mol. The second-order valence-electron chi connectivity index (χ2n) is 4.37. The van der Waals surface area contributed by atoms with Gasteiger partial charge in [-0.25, -0.2) is 8.42 Å². The molecule has 1 aromatic carbocycles. The predicted octanol–water partition coefficient (Wildman–Crippen LogP) is 0.850. The first-order valence-corrected chi connectivity index (χ1v) is 7.86. The molecule has 0 radical (unpaired) electrons. The number of benzene rings is 1. The molecule has 2 aromatic heterocycles. The molecule has 9 nitrogen and oxygen atoms in total. The van der Waals surface area contributed by atoms with Crippen molar-refractivity contribution < 1.29 is 8.42 Å². The maximum atomic E-state index is 12.4. The molecule has 0 saturated carbocycles. The minimum absolute atomic E-state index is 0.0395. The third-order valence-electron chi connectivity index (χ3n) is 2.79. The van der Waals surface area contributed by atoms with Gasteiger partial charge in [-0.15, -0.1) is 5.10 Å². The third kappa shape index (κ3) is 2.78. The van der Waals surface area contributed by atoms with Crippen molar-refractivity contribution in [3.8, 4) is 5.69 Å². The molecule has 0 saturated heterocycles. The van der Waals surface area contributed by atoms with Crippen molar-refractivity contribution in [3.05, 3.63) is 41.9 Å². The molecular weight excluding hydrogens is 330 g/mol. The van der Waals surface area contributed by atoms with Gasteiger partial charge in [0.1, 0.15) is 11.2 Å². The van der Waals surface area contributed by atoms with Crippen molar-refractivity contribution in [2.45, 2.75) is 4.90 Å². The van der Waals surface area contributed by atoms with Crippen LogP contribution in [0, 0.1) is 0 Å². The number of sulfonamides is 1. The maximum Gasteiger partial charge on any atom is 0.265 e. The average Bonchev–Trinajstić information content (AvgIpc) is 3.10. The Labute approximate surface area is 130 Å². The van der Waals surface area contributed by atoms with E-state index < -0.39 is 10.0 Å². The lowest BCUT2D eigenvalue weighted by Crippen LogP contribution is -2.14. The second kappa shape index (κ2) is 5.39. The fourth-order valence-corrected chi connectivity index (χ4v) is 3.02. The van der Waals surface area contributed by atoms with Gasteiger partial charge in [0.2, 0.25) is 0 Å². The summed E-state index contributed by atoms with van der Waals surface area (Å²) in [5.41, 5.74) is 0.700. The molecule has 0 aliphatic carbocycles. The van der Waals surface area contributed by atoms with Crippen LogP contribution >= 0.6 is 11.6 Å². The Morgan fingerprint density at radius 2 is 2.14 bits per heavy atom. The molecule has 0 fully saturated rings. The highest BCUT2D eigenvalue weighted by molar-refractivity contribution is 7.92. The van der Waals surface area contributed by atoms with Gasteiger partial charge in [0.05, 0.1) is 17.6 Å². The monoisotopic (exact) mass is 339 g/mol. The first-order valence-electron chi connectivity index (χ1n) is 6.00. The zero-order valence-corrected chi connectivity index (χ0v) is 12.8. The van der Waals surface area contributed by atoms with E-state index in [2.05, 4.69) is 25.3 Å². The molecule has 22 heavy (non-hydrogen) atoms. The third-order valence-corrected chi connectivity index (χ3v) is 4.35. The Morgan fingerprint density at radius 3 is 2.77 bits per heavy atom. The minimum Gasteiger partial charge on any atom is -0.277 e. The van der Waals surface area contributed by atoms with Crippen LogP contribution in [0.3, 0.4) is 0 Å². The van der Waals surface area contributed by atoms with Gasteiger partial charge in [-0.05, 0) is 28.6 Å². The number of nitrogens with one attached hydrogen (secondary N) is 1. The highest BCUT2D eigenvalue weighted by Gasteiger charge is 2.19. The molecule has 1 N–H and O–H groups in total. The lowest BCUT2D eigenvalue weighted by atomic mass is 10.3. The number of halogens is 1. The van der Waals surface area contributed by atoms with Crippen LogP contribution in [0.25, 0.3) is 5.69 Å². The largest absolute Gasteiger partial charge is 0.277 e. The van der Waals surface area contributed by atoms with Gasteiger partial charge < -0.3 is 0 Å². The molecular formula is C11H10ClN7O2S. The lowest BCUT2D eigenvalue weighted by Gasteiger charge is -2.11. The van der Waals surface area contributed by atoms with Crippen molar-refractivity contribution in [2.24, 2.45) is 7.05 Å². The first-order chi connectivity index (χ1) is 10.5. The van der Waals surface area contributed by atoms with Gasteiger partial charge in [-0.2, -0.15) is 9.78 Å². The summed E-state index contributed by atoms with van der Waals surface area (Å²) in [7, 11) is -2.17. The van der Waals surface area contributed by atoms with Crippen molar-refractivity contribution in [1.82, 2.24) is 30.0 Å². The van der Waals surface area contributed by atoms with Gasteiger partial charge in [0, 0.05) is 18.3 Å². The Bertz CT molecular complexity index is 904. The second-order valence-corrected chi connectivity index (χ2v) is 6.49. The standard InChI is InChI=1S/C11H10ClN7O2S/c1-18-6-9(5-14-18)22(20,21)15-10-4-8(12)2-3-11(10)19-7-13-16-17-19/h2-7,15H,1H3. The van der Waals surface area contributed by atoms with E-state index in [1.165, 1.54) is 34.2 Å². The summed E-state index contributed by atoms with van der Waals surface area (Å²) in [4.78, 5) is 0.0395. The van der Waals surface area contributed by atoms with Crippen LogP contribution in [0.5, 0.6) is 0 Å². The van der Waals surface area contributed by atoms with Crippen molar-refractivity contribution in [2.75, 3.05) is 4.72 Å². The maximum absolute atomic E-state index is 12.4. The topological polar surface area (TPSA) is 108 Å². The van der Waals surface area contributed by atoms with Gasteiger partial charge in [-0.1, -0.05) is 11.6 Å². The number of hydrogen-bond donors (Lipinski definition) is 1. The fourth-order valence-electron chi connectivity index (χ4n) is 1.80. The van der Waals surface area contributed by atoms with Crippen molar-refractivity contribution in [1.29, 1.82) is 0 Å². The van der Waals surface area contributed by atoms with Crippen LogP contribution in [0.15, 0.2) is 41.8 Å². The summed E-state index contributed by atoms with van der Waals surface area (Å²) in [6.45, 7) is 0. The van der Waals surface area contributed by atoms with Crippen LogP contribution < -0.4 is 4.72 Å². The normalized spacial score (nSPS) is 11.5. The molecule has 0 aliphatic heterocycles. The molecule has 0 unspecified atom stereocenters. The number of anilines is 1. The summed E-state index contributed by atoms with van der Waals surface area (Å²) in [6, 6.07) is 4.70. The summed E-state index contributed by atoms with van der Waals surface area (Å²) < 4.78 is 30.0. The van der Waals surface area contributed by atoms with E-state index in [9.17, 15) is 8.42 Å². The van der Waals surface area contributed by atoms with Gasteiger partial charge in [0.15, 0.2) is 0 Å². The summed E-state index contributed by atoms with van der Waals surface area (Å²) in [6.07, 6.45) is 4.00. The number of rotatable bonds is 4. The zero-order valence-electron chi connectivity index (χ0n) is 11.3. The van der Waals surface area contributed by atoms with E-state index in [-0.39, 0.29) is 10.6 Å². The number of tetrazole rings is 1. The molecule has 0 aliphatic rings. The first kappa shape index (κ1) is 14.5. The van der Waals surface area contributed by atoms with Crippen molar-refractivity contribution >= 4 is 27.3 Å². The van der Waals surface area contributed by atoms with E-state index in [0.29, 0.717) is 10.7 Å². The van der Waals surface area contributed by atoms with Crippen LogP contribution in [0.4, 0.5) is 5.69 Å². The fraction of sp³-hybridized carbons (Fsp3) is 0.0909. The van der Waals surface area contributed by atoms with E-state index in [4.69, 9.17) is 11.6 Å². The average molecular weight is 340 g/mol. The summed E-state index contributed by atoms with van der Waals surface area (Å²) in [5, 5.41) is 15.0. The van der Waals surface area contributed by atoms with E-state index in [1.54, 1.807) is 19.2 Å². The Hall–Kier alpha value is -2.46. The molecule has 0 amide bonds. The SMILES string of the molecule is Cn1cc(S(=O)(=O)Nc2cc(Cl)ccc2-n2cnnn2)cn1. The van der Waals surface area contributed by atoms with Crippen LogP contribution in [0.1, 0.15) is 0 Å². The highest BCUT2D eigenvalue weighted by atomic mass is 35.5. The smallest absolute Gasteiger partial charge is 0.265 e. The number of aromatic nitrogens is 6. The molecule has 2 heterocycles. The van der Waals surface area contributed by atoms with Gasteiger partial charge in [-0.3, -0.25) is 9.40 Å². The van der Waals surface area contributed by atoms with Crippen LogP contribution in [-0.4, -0.2) is 38.4 Å². The summed E-state index contributed by atoms with van der Waals surface area (Å²) in [5.74, 6) is 0.